The van der Waals surface area contributed by atoms with Gasteiger partial charge in [-0.25, -0.2) is 9.59 Å². The molecule has 19 heteroatoms. The maximum Gasteiger partial charge on any atom is 0.387 e. The Labute approximate surface area is 331 Å². The smallest absolute Gasteiger partial charge is 0.387 e. The van der Waals surface area contributed by atoms with Crippen LogP contribution in [0.25, 0.3) is 0 Å². The van der Waals surface area contributed by atoms with E-state index in [4.69, 9.17) is 9.47 Å². The van der Waals surface area contributed by atoms with E-state index in [1.54, 1.807) is 29.2 Å². The zero-order valence-corrected chi connectivity index (χ0v) is 30.5. The maximum absolute atomic E-state index is 13.4. The number of carbonyl (C=O) groups excluding carboxylic acids is 2. The number of benzene rings is 4. The highest BCUT2D eigenvalue weighted by Crippen LogP contribution is 2.39. The van der Waals surface area contributed by atoms with Crippen molar-refractivity contribution in [3.8, 4) is 23.0 Å². The molecule has 0 saturated heterocycles. The molecule has 13 nitrogen and oxygen atoms in total. The summed E-state index contributed by atoms with van der Waals surface area (Å²) in [5.41, 5.74) is 2.12. The molecule has 2 aromatic heterocycles. The third kappa shape index (κ3) is 10.9. The highest BCUT2D eigenvalue weighted by atomic mass is 19.3. The van der Waals surface area contributed by atoms with Gasteiger partial charge in [-0.3, -0.25) is 19.9 Å². The normalized spacial score (nSPS) is 11.0. The summed E-state index contributed by atoms with van der Waals surface area (Å²) in [5, 5.41) is 0. The largest absolute Gasteiger partial charge is 0.493 e. The second-order valence-electron chi connectivity index (χ2n) is 11.9. The molecule has 0 saturated carbocycles. The molecule has 0 spiro atoms. The first kappa shape index (κ1) is 41.2. The van der Waals surface area contributed by atoms with Gasteiger partial charge in [0.1, 0.15) is 0 Å². The number of hydrogen-bond acceptors (Lipinski definition) is 13. The van der Waals surface area contributed by atoms with E-state index in [1.165, 1.54) is 97.7 Å². The molecule has 0 atom stereocenters. The predicted octanol–water partition coefficient (Wildman–Crippen LogP) is 8.75. The molecule has 0 unspecified atom stereocenters. The van der Waals surface area contributed by atoms with E-state index >= 15 is 0 Å². The fourth-order valence-corrected chi connectivity index (χ4v) is 5.66. The Morgan fingerprint density at radius 2 is 1.02 bits per heavy atom. The first-order valence-electron chi connectivity index (χ1n) is 17.2. The molecule has 0 N–H and O–H groups in total. The fourth-order valence-electron chi connectivity index (χ4n) is 5.66. The molecule has 0 fully saturated rings. The van der Waals surface area contributed by atoms with Crippen LogP contribution in [-0.2, 0) is 17.8 Å². The average Bonchev–Trinajstić information content (AvgIpc) is 3.23. The van der Waals surface area contributed by atoms with Gasteiger partial charge in [-0.05, 0) is 66.7 Å². The number of methoxy groups -OCH3 is 1. The van der Waals surface area contributed by atoms with Crippen LogP contribution in [0.2, 0.25) is 0 Å². The van der Waals surface area contributed by atoms with E-state index in [-0.39, 0.29) is 47.1 Å². The van der Waals surface area contributed by atoms with Crippen LogP contribution in [0.15, 0.2) is 122 Å². The molecule has 4 aromatic carbocycles. The zero-order chi connectivity index (χ0) is 41.9. The van der Waals surface area contributed by atoms with Crippen LogP contribution in [-0.4, -0.2) is 58.8 Å². The van der Waals surface area contributed by atoms with Crippen molar-refractivity contribution in [3.63, 3.8) is 0 Å². The number of ether oxygens (including phenoxy) is 5. The van der Waals surface area contributed by atoms with Gasteiger partial charge >= 0.3 is 31.8 Å². The first-order valence-corrected chi connectivity index (χ1v) is 17.2. The van der Waals surface area contributed by atoms with Gasteiger partial charge in [0.2, 0.25) is 0 Å². The molecule has 59 heavy (non-hydrogen) atoms. The van der Waals surface area contributed by atoms with Gasteiger partial charge in [-0.15, -0.1) is 0 Å². The Hall–Kier alpha value is -7.44. The van der Waals surface area contributed by atoms with Crippen LogP contribution in [0.3, 0.4) is 0 Å². The monoisotopic (exact) mass is 820 g/mol. The molecule has 0 aliphatic carbocycles. The SMILES string of the molecule is COc1ccc(N(Cc2cnccn2)c2ccc(C(=O)OC(=O)c3cccc(N(Cc4cnccn4)c4ccc(OC(F)F)c(OC(F)F)c4)c3)cc2)cc1OC(F)F. The minimum absolute atomic E-state index is 0.0175. The Kier molecular flexibility index (Phi) is 13.4. The summed E-state index contributed by atoms with van der Waals surface area (Å²) in [7, 11) is 1.31. The fraction of sp³-hybridized carbons (Fsp3) is 0.150. The number of halogens is 6. The number of carbonyl (C=O) groups is 2. The lowest BCUT2D eigenvalue weighted by atomic mass is 10.1. The van der Waals surface area contributed by atoms with Gasteiger partial charge in [0.05, 0.1) is 55.1 Å². The summed E-state index contributed by atoms with van der Waals surface area (Å²) >= 11 is 0. The second kappa shape index (κ2) is 19.1. The van der Waals surface area contributed by atoms with Crippen LogP contribution in [0.1, 0.15) is 32.1 Å². The number of hydrogen-bond donors (Lipinski definition) is 0. The average molecular weight is 821 g/mol. The van der Waals surface area contributed by atoms with Gasteiger partial charge in [0.25, 0.3) is 0 Å². The van der Waals surface area contributed by atoms with E-state index in [2.05, 4.69) is 34.1 Å². The second-order valence-corrected chi connectivity index (χ2v) is 11.9. The van der Waals surface area contributed by atoms with Crippen molar-refractivity contribution in [3.05, 3.63) is 145 Å². The van der Waals surface area contributed by atoms with Crippen molar-refractivity contribution in [2.75, 3.05) is 16.9 Å². The van der Waals surface area contributed by atoms with Gasteiger partial charge in [-0.2, -0.15) is 26.3 Å². The van der Waals surface area contributed by atoms with Crippen LogP contribution < -0.4 is 28.7 Å². The number of alkyl halides is 6. The Balaban J connectivity index is 1.25. The summed E-state index contributed by atoms with van der Waals surface area (Å²) < 4.78 is 103. The lowest BCUT2D eigenvalue weighted by Gasteiger charge is -2.26. The highest BCUT2D eigenvalue weighted by molar-refractivity contribution is 6.03. The molecule has 0 aliphatic rings. The number of rotatable bonds is 17. The Morgan fingerprint density at radius 3 is 1.54 bits per heavy atom. The minimum Gasteiger partial charge on any atom is -0.493 e. The van der Waals surface area contributed by atoms with Crippen molar-refractivity contribution >= 4 is 34.7 Å². The molecule has 0 amide bonds. The van der Waals surface area contributed by atoms with E-state index in [9.17, 15) is 35.9 Å². The van der Waals surface area contributed by atoms with Gasteiger partial charge in [0.15, 0.2) is 23.0 Å². The van der Waals surface area contributed by atoms with Crippen molar-refractivity contribution in [1.29, 1.82) is 0 Å². The molecular formula is C40H30F6N6O7. The Bertz CT molecular complexity index is 2350. The van der Waals surface area contributed by atoms with Gasteiger partial charge in [0, 0.05) is 59.7 Å². The van der Waals surface area contributed by atoms with Crippen molar-refractivity contribution in [2.45, 2.75) is 32.9 Å². The third-order valence-corrected chi connectivity index (χ3v) is 8.21. The number of anilines is 4. The first-order chi connectivity index (χ1) is 28.5. The third-order valence-electron chi connectivity index (χ3n) is 8.21. The molecule has 0 radical (unpaired) electrons. The van der Waals surface area contributed by atoms with Crippen LogP contribution in [0.4, 0.5) is 49.1 Å². The zero-order valence-electron chi connectivity index (χ0n) is 30.5. The lowest BCUT2D eigenvalue weighted by Crippen LogP contribution is -2.19. The standard InChI is InChI=1S/C40H30F6N6O7/c1-55-32-11-9-30(18-34(32)57-39(43)44)51(22-26-20-47-13-15-49-26)28-7-5-24(6-8-28)36(53)59-37(54)25-3-2-4-29(17-25)52(23-27-21-48-14-16-50-27)31-10-12-33(56-38(41)42)35(19-31)58-40(45)46/h2-21,38-40H,22-23H2,1H3. The van der Waals surface area contributed by atoms with E-state index in [1.807, 2.05) is 0 Å². The van der Waals surface area contributed by atoms with Crippen molar-refractivity contribution in [1.82, 2.24) is 19.9 Å². The lowest BCUT2D eigenvalue weighted by molar-refractivity contribution is -0.0692. The summed E-state index contributed by atoms with van der Waals surface area (Å²) in [4.78, 5) is 46.5. The molecule has 0 bridgehead atoms. The van der Waals surface area contributed by atoms with Crippen molar-refractivity contribution in [2.24, 2.45) is 0 Å². The molecule has 6 rings (SSSR count). The van der Waals surface area contributed by atoms with E-state index in [0.29, 0.717) is 22.8 Å². The van der Waals surface area contributed by atoms with Crippen LogP contribution >= 0.6 is 0 Å². The summed E-state index contributed by atoms with van der Waals surface area (Å²) in [5.74, 6) is -3.52. The van der Waals surface area contributed by atoms with Crippen LogP contribution in [0.5, 0.6) is 23.0 Å². The van der Waals surface area contributed by atoms with Gasteiger partial charge in [-0.1, -0.05) is 6.07 Å². The molecular weight excluding hydrogens is 790 g/mol. The van der Waals surface area contributed by atoms with Gasteiger partial charge < -0.3 is 33.5 Å². The minimum atomic E-state index is -3.37. The van der Waals surface area contributed by atoms with E-state index in [0.717, 1.165) is 12.1 Å². The summed E-state index contributed by atoms with van der Waals surface area (Å²) in [6, 6.07) is 19.5. The quantitative estimate of drug-likeness (QED) is 0.0493. The van der Waals surface area contributed by atoms with Crippen molar-refractivity contribution < 1.29 is 59.6 Å². The maximum atomic E-state index is 13.4. The molecule has 6 aromatic rings. The van der Waals surface area contributed by atoms with Crippen LogP contribution in [0, 0.1) is 0 Å². The highest BCUT2D eigenvalue weighted by Gasteiger charge is 2.23. The van der Waals surface area contributed by atoms with E-state index < -0.39 is 43.3 Å². The molecule has 0 aliphatic heterocycles. The number of nitrogens with zero attached hydrogens (tertiary/aromatic N) is 6. The number of aromatic nitrogens is 4. The summed E-state index contributed by atoms with van der Waals surface area (Å²) in [6.45, 7) is -9.74. The Morgan fingerprint density at radius 1 is 0.542 bits per heavy atom. The molecule has 2 heterocycles. The number of esters is 2. The topological polar surface area (TPSA) is 138 Å². The predicted molar refractivity (Wildman–Crippen MR) is 198 cm³/mol. The molecule has 304 valence electrons. The summed E-state index contributed by atoms with van der Waals surface area (Å²) in [6.07, 6.45) is 8.78.